The van der Waals surface area contributed by atoms with Crippen LogP contribution in [0, 0.1) is 10.1 Å². The molecule has 3 rings (SSSR count). The van der Waals surface area contributed by atoms with Crippen LogP contribution in [0.5, 0.6) is 5.75 Å². The molecule has 2 aromatic rings. The molecule has 0 radical (unpaired) electrons. The van der Waals surface area contributed by atoms with Gasteiger partial charge in [-0.2, -0.15) is 0 Å². The molecule has 1 aliphatic rings. The summed E-state index contributed by atoms with van der Waals surface area (Å²) in [4.78, 5) is 10.7. The van der Waals surface area contributed by atoms with Crippen molar-refractivity contribution in [2.24, 2.45) is 0 Å². The van der Waals surface area contributed by atoms with Crippen molar-refractivity contribution >= 4 is 33.9 Å². The fourth-order valence-corrected chi connectivity index (χ4v) is 3.95. The summed E-state index contributed by atoms with van der Waals surface area (Å²) in [6, 6.07) is 3.05. The van der Waals surface area contributed by atoms with E-state index in [9.17, 15) is 10.1 Å². The van der Waals surface area contributed by atoms with Crippen molar-refractivity contribution in [3.05, 3.63) is 33.4 Å². The highest BCUT2D eigenvalue weighted by Crippen LogP contribution is 2.37. The standard InChI is InChI=1S/C14H16N4O4S2/c1-2-3-15-13-16-17-14(24-13)23-7-10-5-11(18(19)20)4-9-6-21-8-22-12(9)10/h4-5H,2-3,6-8H2,1H3,(H,15,16). The molecule has 1 aliphatic heterocycles. The van der Waals surface area contributed by atoms with Crippen LogP contribution in [-0.4, -0.2) is 28.5 Å². The zero-order valence-electron chi connectivity index (χ0n) is 13.0. The largest absolute Gasteiger partial charge is 0.467 e. The van der Waals surface area contributed by atoms with E-state index in [-0.39, 0.29) is 12.5 Å². The summed E-state index contributed by atoms with van der Waals surface area (Å²) < 4.78 is 11.5. The molecule has 1 N–H and O–H groups in total. The van der Waals surface area contributed by atoms with Gasteiger partial charge >= 0.3 is 0 Å². The van der Waals surface area contributed by atoms with Crippen LogP contribution >= 0.6 is 23.1 Å². The molecule has 1 aromatic carbocycles. The Hall–Kier alpha value is -1.91. The van der Waals surface area contributed by atoms with E-state index >= 15 is 0 Å². The molecular weight excluding hydrogens is 352 g/mol. The minimum Gasteiger partial charge on any atom is -0.467 e. The Balaban J connectivity index is 1.75. The monoisotopic (exact) mass is 368 g/mol. The smallest absolute Gasteiger partial charge is 0.270 e. The Bertz CT molecular complexity index is 738. The molecule has 10 heteroatoms. The lowest BCUT2D eigenvalue weighted by Crippen LogP contribution is -2.13. The molecular formula is C14H16N4O4S2. The molecule has 24 heavy (non-hydrogen) atoms. The van der Waals surface area contributed by atoms with Gasteiger partial charge in [-0.05, 0) is 6.42 Å². The first-order chi connectivity index (χ1) is 11.7. The predicted molar refractivity (Wildman–Crippen MR) is 91.6 cm³/mol. The van der Waals surface area contributed by atoms with Crippen molar-refractivity contribution < 1.29 is 14.4 Å². The van der Waals surface area contributed by atoms with E-state index in [1.807, 2.05) is 0 Å². The third-order valence-corrected chi connectivity index (χ3v) is 5.33. The van der Waals surface area contributed by atoms with Gasteiger partial charge in [0.05, 0.1) is 11.5 Å². The fraction of sp³-hybridized carbons (Fsp3) is 0.429. The number of nitrogens with zero attached hydrogens (tertiary/aromatic N) is 3. The fourth-order valence-electron chi connectivity index (χ4n) is 2.20. The molecule has 0 saturated heterocycles. The van der Waals surface area contributed by atoms with E-state index < -0.39 is 4.92 Å². The summed E-state index contributed by atoms with van der Waals surface area (Å²) in [6.07, 6.45) is 1.02. The Morgan fingerprint density at radius 2 is 2.33 bits per heavy atom. The number of thioether (sulfide) groups is 1. The first kappa shape index (κ1) is 16.9. The molecule has 8 nitrogen and oxygen atoms in total. The van der Waals surface area contributed by atoms with Crippen LogP contribution in [0.1, 0.15) is 24.5 Å². The Kier molecular flexibility index (Phi) is 5.48. The normalized spacial score (nSPS) is 13.2. The third kappa shape index (κ3) is 3.94. The summed E-state index contributed by atoms with van der Waals surface area (Å²) in [7, 11) is 0. The van der Waals surface area contributed by atoms with Gasteiger partial charge in [-0.1, -0.05) is 30.0 Å². The molecule has 0 unspecified atom stereocenters. The lowest BCUT2D eigenvalue weighted by atomic mass is 10.1. The SMILES string of the molecule is CCCNc1nnc(SCc2cc([N+](=O)[O-])cc3c2OCOC3)s1. The first-order valence-electron chi connectivity index (χ1n) is 7.38. The Morgan fingerprint density at radius 3 is 3.12 bits per heavy atom. The summed E-state index contributed by atoms with van der Waals surface area (Å²) >= 11 is 2.95. The Morgan fingerprint density at radius 1 is 1.46 bits per heavy atom. The number of nitro benzene ring substituents is 1. The number of benzene rings is 1. The van der Waals surface area contributed by atoms with E-state index in [0.717, 1.165) is 28.0 Å². The average Bonchev–Trinajstić information content (AvgIpc) is 3.05. The number of aromatic nitrogens is 2. The molecule has 0 amide bonds. The van der Waals surface area contributed by atoms with Gasteiger partial charge in [0.1, 0.15) is 5.75 Å². The first-order valence-corrected chi connectivity index (χ1v) is 9.18. The maximum Gasteiger partial charge on any atom is 0.270 e. The summed E-state index contributed by atoms with van der Waals surface area (Å²) in [5, 5.41) is 23.3. The van der Waals surface area contributed by atoms with E-state index in [1.165, 1.54) is 29.2 Å². The lowest BCUT2D eigenvalue weighted by Gasteiger charge is -2.20. The van der Waals surface area contributed by atoms with E-state index in [0.29, 0.717) is 23.7 Å². The molecule has 128 valence electrons. The number of hydrogen-bond donors (Lipinski definition) is 1. The van der Waals surface area contributed by atoms with Crippen LogP contribution in [0.3, 0.4) is 0 Å². The molecule has 0 atom stereocenters. The van der Waals surface area contributed by atoms with Gasteiger partial charge in [0.25, 0.3) is 5.69 Å². The molecule has 0 saturated carbocycles. The number of ether oxygens (including phenoxy) is 2. The summed E-state index contributed by atoms with van der Waals surface area (Å²) in [6.45, 7) is 3.41. The topological polar surface area (TPSA) is 99.4 Å². The van der Waals surface area contributed by atoms with Crippen LogP contribution in [0.15, 0.2) is 16.5 Å². The van der Waals surface area contributed by atoms with Crippen molar-refractivity contribution in [2.75, 3.05) is 18.7 Å². The van der Waals surface area contributed by atoms with Gasteiger partial charge in [0.15, 0.2) is 11.1 Å². The lowest BCUT2D eigenvalue weighted by molar-refractivity contribution is -0.385. The van der Waals surface area contributed by atoms with Gasteiger partial charge in [0.2, 0.25) is 5.13 Å². The van der Waals surface area contributed by atoms with Gasteiger partial charge in [-0.3, -0.25) is 10.1 Å². The number of fused-ring (bicyclic) bond motifs is 1. The quantitative estimate of drug-likeness (QED) is 0.451. The van der Waals surface area contributed by atoms with Crippen molar-refractivity contribution in [1.29, 1.82) is 0 Å². The van der Waals surface area contributed by atoms with Crippen LogP contribution in [-0.2, 0) is 17.1 Å². The maximum absolute atomic E-state index is 11.1. The zero-order valence-corrected chi connectivity index (χ0v) is 14.6. The number of hydrogen-bond acceptors (Lipinski definition) is 9. The number of rotatable bonds is 7. The van der Waals surface area contributed by atoms with E-state index in [1.54, 1.807) is 6.07 Å². The number of anilines is 1. The number of non-ortho nitro benzene ring substituents is 1. The molecule has 0 fully saturated rings. The molecule has 2 heterocycles. The average molecular weight is 368 g/mol. The van der Waals surface area contributed by atoms with Gasteiger partial charge < -0.3 is 14.8 Å². The predicted octanol–water partition coefficient (Wildman–Crippen LogP) is 3.43. The summed E-state index contributed by atoms with van der Waals surface area (Å²) in [5.74, 6) is 1.19. The van der Waals surface area contributed by atoms with Crippen molar-refractivity contribution in [3.8, 4) is 5.75 Å². The van der Waals surface area contributed by atoms with Crippen molar-refractivity contribution in [3.63, 3.8) is 0 Å². The molecule has 0 aliphatic carbocycles. The highest BCUT2D eigenvalue weighted by molar-refractivity contribution is 8.00. The molecule has 0 bridgehead atoms. The maximum atomic E-state index is 11.1. The van der Waals surface area contributed by atoms with Crippen LogP contribution in [0.2, 0.25) is 0 Å². The summed E-state index contributed by atoms with van der Waals surface area (Å²) in [5.41, 5.74) is 1.51. The van der Waals surface area contributed by atoms with Crippen molar-refractivity contribution in [1.82, 2.24) is 10.2 Å². The van der Waals surface area contributed by atoms with E-state index in [4.69, 9.17) is 9.47 Å². The second-order valence-corrected chi connectivity index (χ2v) is 7.25. The van der Waals surface area contributed by atoms with Gasteiger partial charge in [0, 0.05) is 35.6 Å². The van der Waals surface area contributed by atoms with Crippen molar-refractivity contribution in [2.45, 2.75) is 30.0 Å². The number of nitrogens with one attached hydrogen (secondary N) is 1. The third-order valence-electron chi connectivity index (χ3n) is 3.27. The minimum atomic E-state index is -0.402. The van der Waals surface area contributed by atoms with Crippen LogP contribution < -0.4 is 10.1 Å². The second kappa shape index (κ2) is 7.77. The van der Waals surface area contributed by atoms with Gasteiger partial charge in [-0.15, -0.1) is 10.2 Å². The highest BCUT2D eigenvalue weighted by atomic mass is 32.2. The minimum absolute atomic E-state index is 0.0426. The molecule has 1 aromatic heterocycles. The Labute approximate surface area is 146 Å². The number of nitro groups is 1. The second-order valence-electron chi connectivity index (χ2n) is 5.05. The van der Waals surface area contributed by atoms with E-state index in [2.05, 4.69) is 22.4 Å². The van der Waals surface area contributed by atoms with Gasteiger partial charge in [-0.25, -0.2) is 0 Å². The highest BCUT2D eigenvalue weighted by Gasteiger charge is 2.21. The van der Waals surface area contributed by atoms with Crippen LogP contribution in [0.25, 0.3) is 0 Å². The van der Waals surface area contributed by atoms with Crippen LogP contribution in [0.4, 0.5) is 10.8 Å². The molecule has 0 spiro atoms. The zero-order chi connectivity index (χ0) is 16.9.